The molecule has 1 aromatic rings. The second-order valence-electron chi connectivity index (χ2n) is 7.56. The fourth-order valence-electron chi connectivity index (χ4n) is 3.91. The zero-order valence-electron chi connectivity index (χ0n) is 16.5. The van der Waals surface area contributed by atoms with Crippen LogP contribution in [0.1, 0.15) is 91.5 Å². The molecule has 148 valence electrons. The number of amides is 2. The summed E-state index contributed by atoms with van der Waals surface area (Å²) in [6.45, 7) is 4.14. The van der Waals surface area contributed by atoms with Gasteiger partial charge in [-0.15, -0.1) is 0 Å². The number of allylic oxidation sites excluding steroid dienone is 1. The summed E-state index contributed by atoms with van der Waals surface area (Å²) in [5.74, 6) is 0.0747. The Labute approximate surface area is 161 Å². The molecule has 2 amide bonds. The van der Waals surface area contributed by atoms with Crippen molar-refractivity contribution in [3.05, 3.63) is 28.9 Å². The molecule has 0 radical (unpaired) electrons. The van der Waals surface area contributed by atoms with Crippen LogP contribution < -0.4 is 10.6 Å². The molecular formula is C21H32N4O2. The van der Waals surface area contributed by atoms with Crippen molar-refractivity contribution >= 4 is 11.8 Å². The molecule has 0 atom stereocenters. The second kappa shape index (κ2) is 9.72. The van der Waals surface area contributed by atoms with Crippen LogP contribution in [0.25, 0.3) is 0 Å². The van der Waals surface area contributed by atoms with Crippen molar-refractivity contribution in [3.63, 3.8) is 0 Å². The first-order valence-corrected chi connectivity index (χ1v) is 10.5. The van der Waals surface area contributed by atoms with Gasteiger partial charge in [0.2, 0.25) is 0 Å². The highest BCUT2D eigenvalue weighted by Crippen LogP contribution is 2.22. The number of nitrogens with one attached hydrogen (secondary N) is 2. The van der Waals surface area contributed by atoms with Gasteiger partial charge in [-0.05, 0) is 57.8 Å². The van der Waals surface area contributed by atoms with Crippen molar-refractivity contribution in [2.24, 2.45) is 0 Å². The summed E-state index contributed by atoms with van der Waals surface area (Å²) >= 11 is 0. The minimum Gasteiger partial charge on any atom is -0.351 e. The Kier molecular flexibility index (Phi) is 7.07. The maximum atomic E-state index is 12.7. The molecule has 1 aliphatic carbocycles. The highest BCUT2D eigenvalue weighted by Gasteiger charge is 2.27. The first-order chi connectivity index (χ1) is 13.2. The topological polar surface area (TPSA) is 76.0 Å². The van der Waals surface area contributed by atoms with Gasteiger partial charge in [-0.25, -0.2) is 4.98 Å². The van der Waals surface area contributed by atoms with Crippen LogP contribution in [0.5, 0.6) is 0 Å². The van der Waals surface area contributed by atoms with Crippen molar-refractivity contribution in [3.8, 4) is 0 Å². The Morgan fingerprint density at radius 1 is 1.07 bits per heavy atom. The van der Waals surface area contributed by atoms with Gasteiger partial charge in [0.15, 0.2) is 5.82 Å². The minimum atomic E-state index is -0.165. The molecule has 3 rings (SSSR count). The first kappa shape index (κ1) is 19.6. The molecule has 2 N–H and O–H groups in total. The lowest BCUT2D eigenvalue weighted by atomic mass is 9.97. The Morgan fingerprint density at radius 3 is 2.67 bits per heavy atom. The van der Waals surface area contributed by atoms with Crippen molar-refractivity contribution < 1.29 is 9.59 Å². The summed E-state index contributed by atoms with van der Waals surface area (Å²) < 4.78 is 1.95. The maximum Gasteiger partial charge on any atom is 0.287 e. The average Bonchev–Trinajstić information content (AvgIpc) is 3.09. The monoisotopic (exact) mass is 372 g/mol. The number of carbonyl (C=O) groups is 2. The highest BCUT2D eigenvalue weighted by atomic mass is 16.2. The number of nitrogens with zero attached hydrogens (tertiary/aromatic N) is 2. The third-order valence-corrected chi connectivity index (χ3v) is 5.47. The average molecular weight is 373 g/mol. The van der Waals surface area contributed by atoms with E-state index < -0.39 is 0 Å². The SMILES string of the molecule is CCCCNC(=O)c1nc(C(=O)NCCC2=CCCCC2)n2c1CCCC2. The molecule has 1 aliphatic heterocycles. The Morgan fingerprint density at radius 2 is 1.89 bits per heavy atom. The van der Waals surface area contributed by atoms with Crippen molar-refractivity contribution in [2.45, 2.75) is 77.7 Å². The molecule has 1 aromatic heterocycles. The molecule has 6 nitrogen and oxygen atoms in total. The molecule has 0 fully saturated rings. The van der Waals surface area contributed by atoms with Gasteiger partial charge < -0.3 is 15.2 Å². The van der Waals surface area contributed by atoms with Crippen LogP contribution >= 0.6 is 0 Å². The number of unbranched alkanes of at least 4 members (excludes halogenated alkanes) is 1. The van der Waals surface area contributed by atoms with E-state index in [0.29, 0.717) is 24.6 Å². The molecule has 0 aromatic carbocycles. The van der Waals surface area contributed by atoms with E-state index in [1.54, 1.807) is 0 Å². The van der Waals surface area contributed by atoms with Gasteiger partial charge in [-0.2, -0.15) is 0 Å². The predicted molar refractivity (Wildman–Crippen MR) is 106 cm³/mol. The third-order valence-electron chi connectivity index (χ3n) is 5.47. The van der Waals surface area contributed by atoms with Gasteiger partial charge in [0.05, 0.1) is 5.69 Å². The molecule has 2 heterocycles. The van der Waals surface area contributed by atoms with E-state index in [0.717, 1.165) is 63.6 Å². The van der Waals surface area contributed by atoms with Crippen LogP contribution in [0.15, 0.2) is 11.6 Å². The van der Waals surface area contributed by atoms with Crippen LogP contribution in [-0.4, -0.2) is 34.5 Å². The zero-order valence-corrected chi connectivity index (χ0v) is 16.5. The molecule has 0 saturated heterocycles. The van der Waals surface area contributed by atoms with Gasteiger partial charge in [0.1, 0.15) is 5.69 Å². The molecule has 0 unspecified atom stereocenters. The minimum absolute atomic E-state index is 0.152. The quantitative estimate of drug-likeness (QED) is 0.543. The lowest BCUT2D eigenvalue weighted by Gasteiger charge is -2.17. The van der Waals surface area contributed by atoms with Crippen LogP contribution in [0.3, 0.4) is 0 Å². The van der Waals surface area contributed by atoms with E-state index in [2.05, 4.69) is 28.6 Å². The molecule has 2 aliphatic rings. The molecule has 0 saturated carbocycles. The third kappa shape index (κ3) is 4.99. The van der Waals surface area contributed by atoms with E-state index in [1.165, 1.54) is 18.4 Å². The van der Waals surface area contributed by atoms with Crippen molar-refractivity contribution in [1.29, 1.82) is 0 Å². The van der Waals surface area contributed by atoms with E-state index in [4.69, 9.17) is 0 Å². The summed E-state index contributed by atoms with van der Waals surface area (Å²) in [6.07, 6.45) is 12.9. The number of hydrogen-bond donors (Lipinski definition) is 2. The molecular weight excluding hydrogens is 340 g/mol. The van der Waals surface area contributed by atoms with Crippen LogP contribution in [0, 0.1) is 0 Å². The van der Waals surface area contributed by atoms with E-state index in [1.807, 2.05) is 4.57 Å². The van der Waals surface area contributed by atoms with Gasteiger partial charge in [0.25, 0.3) is 11.8 Å². The van der Waals surface area contributed by atoms with Gasteiger partial charge in [0, 0.05) is 19.6 Å². The summed E-state index contributed by atoms with van der Waals surface area (Å²) in [7, 11) is 0. The Bertz CT molecular complexity index is 705. The van der Waals surface area contributed by atoms with Crippen LogP contribution in [0.2, 0.25) is 0 Å². The normalized spacial score (nSPS) is 16.4. The number of imidazole rings is 1. The fraction of sp³-hybridized carbons (Fsp3) is 0.667. The number of aromatic nitrogens is 2. The van der Waals surface area contributed by atoms with E-state index in [-0.39, 0.29) is 11.8 Å². The number of rotatable bonds is 8. The fourth-order valence-corrected chi connectivity index (χ4v) is 3.91. The Balaban J connectivity index is 1.65. The van der Waals surface area contributed by atoms with Gasteiger partial charge in [-0.3, -0.25) is 9.59 Å². The molecule has 6 heteroatoms. The summed E-state index contributed by atoms with van der Waals surface area (Å²) in [4.78, 5) is 29.7. The summed E-state index contributed by atoms with van der Waals surface area (Å²) in [6, 6.07) is 0. The molecule has 27 heavy (non-hydrogen) atoms. The standard InChI is InChI=1S/C21H32N4O2/c1-2-3-13-22-20(26)18-17-11-7-8-15-25(17)19(24-18)21(27)23-14-12-16-9-5-4-6-10-16/h9H,2-8,10-15H2,1H3,(H,22,26)(H,23,27). The maximum absolute atomic E-state index is 12.7. The van der Waals surface area contributed by atoms with Crippen molar-refractivity contribution in [2.75, 3.05) is 13.1 Å². The number of hydrogen-bond acceptors (Lipinski definition) is 3. The zero-order chi connectivity index (χ0) is 19.1. The van der Waals surface area contributed by atoms with E-state index >= 15 is 0 Å². The molecule has 0 spiro atoms. The second-order valence-corrected chi connectivity index (χ2v) is 7.56. The highest BCUT2D eigenvalue weighted by molar-refractivity contribution is 5.97. The lowest BCUT2D eigenvalue weighted by molar-refractivity contribution is 0.0938. The molecule has 0 bridgehead atoms. The first-order valence-electron chi connectivity index (χ1n) is 10.5. The van der Waals surface area contributed by atoms with Crippen LogP contribution in [0.4, 0.5) is 0 Å². The summed E-state index contributed by atoms with van der Waals surface area (Å²) in [5.41, 5.74) is 2.80. The van der Waals surface area contributed by atoms with Crippen molar-refractivity contribution in [1.82, 2.24) is 20.2 Å². The van der Waals surface area contributed by atoms with Crippen LogP contribution in [-0.2, 0) is 13.0 Å². The summed E-state index contributed by atoms with van der Waals surface area (Å²) in [5, 5.41) is 5.94. The Hall–Kier alpha value is -2.11. The smallest absolute Gasteiger partial charge is 0.287 e. The van der Waals surface area contributed by atoms with Gasteiger partial charge in [-0.1, -0.05) is 25.0 Å². The lowest BCUT2D eigenvalue weighted by Crippen LogP contribution is -2.29. The largest absolute Gasteiger partial charge is 0.351 e. The van der Waals surface area contributed by atoms with Gasteiger partial charge >= 0.3 is 0 Å². The number of carbonyl (C=O) groups excluding carboxylic acids is 2. The predicted octanol–water partition coefficient (Wildman–Crippen LogP) is 3.37. The van der Waals surface area contributed by atoms with E-state index in [9.17, 15) is 9.59 Å². The number of fused-ring (bicyclic) bond motifs is 1.